The standard InChI is InChI=1S/C23H24N4O4/c1-13-5-7-17(14(2)9-13)25-23(29)18-11-21(28)26-22-16(12-24-27(18)22)15-6-8-19(30-3)20(10-15)31-4/h5-10,12,18H,11H2,1-4H3,(H,25,29)(H,26,28)/t18-/m1/s1. The van der Waals surface area contributed by atoms with Gasteiger partial charge in [-0.15, -0.1) is 0 Å². The molecule has 8 heteroatoms. The second-order valence-electron chi connectivity index (χ2n) is 7.50. The number of hydrogen-bond donors (Lipinski definition) is 2. The monoisotopic (exact) mass is 420 g/mol. The summed E-state index contributed by atoms with van der Waals surface area (Å²) in [5, 5.41) is 10.2. The molecular formula is C23H24N4O4. The van der Waals surface area contributed by atoms with Crippen molar-refractivity contribution in [3.63, 3.8) is 0 Å². The lowest BCUT2D eigenvalue weighted by atomic mass is 10.1. The molecule has 31 heavy (non-hydrogen) atoms. The first-order valence-corrected chi connectivity index (χ1v) is 9.89. The van der Waals surface area contributed by atoms with Gasteiger partial charge in [0.25, 0.3) is 0 Å². The Hall–Kier alpha value is -3.81. The van der Waals surface area contributed by atoms with Gasteiger partial charge in [-0.25, -0.2) is 4.68 Å². The summed E-state index contributed by atoms with van der Waals surface area (Å²) in [4.78, 5) is 25.5. The molecule has 2 amide bonds. The van der Waals surface area contributed by atoms with Gasteiger partial charge in [-0.1, -0.05) is 23.8 Å². The van der Waals surface area contributed by atoms with Crippen molar-refractivity contribution in [3.05, 3.63) is 53.7 Å². The number of carbonyl (C=O) groups is 2. The fourth-order valence-corrected chi connectivity index (χ4v) is 3.76. The van der Waals surface area contributed by atoms with E-state index >= 15 is 0 Å². The normalized spacial score (nSPS) is 15.1. The van der Waals surface area contributed by atoms with Crippen LogP contribution in [0.2, 0.25) is 0 Å². The Morgan fingerprint density at radius 1 is 1.13 bits per heavy atom. The summed E-state index contributed by atoms with van der Waals surface area (Å²) in [6, 6.07) is 10.5. The average molecular weight is 420 g/mol. The number of aromatic nitrogens is 2. The summed E-state index contributed by atoms with van der Waals surface area (Å²) in [5.41, 5.74) is 4.27. The molecule has 160 valence electrons. The van der Waals surface area contributed by atoms with Crippen molar-refractivity contribution < 1.29 is 19.1 Å². The highest BCUT2D eigenvalue weighted by Gasteiger charge is 2.33. The molecule has 1 aromatic heterocycles. The van der Waals surface area contributed by atoms with Gasteiger partial charge in [-0.2, -0.15) is 5.10 Å². The minimum atomic E-state index is -0.752. The summed E-state index contributed by atoms with van der Waals surface area (Å²) < 4.78 is 12.2. The van der Waals surface area contributed by atoms with E-state index in [2.05, 4.69) is 15.7 Å². The van der Waals surface area contributed by atoms with E-state index in [4.69, 9.17) is 9.47 Å². The lowest BCUT2D eigenvalue weighted by Crippen LogP contribution is -2.36. The molecule has 1 aliphatic heterocycles. The zero-order valence-electron chi connectivity index (χ0n) is 17.9. The van der Waals surface area contributed by atoms with Crippen LogP contribution in [0.4, 0.5) is 11.5 Å². The van der Waals surface area contributed by atoms with Gasteiger partial charge in [0, 0.05) is 11.3 Å². The fraction of sp³-hybridized carbons (Fsp3) is 0.261. The van der Waals surface area contributed by atoms with Crippen LogP contribution < -0.4 is 20.1 Å². The lowest BCUT2D eigenvalue weighted by Gasteiger charge is -2.25. The highest BCUT2D eigenvalue weighted by Crippen LogP contribution is 2.38. The van der Waals surface area contributed by atoms with Gasteiger partial charge in [-0.05, 0) is 43.2 Å². The molecule has 3 aromatic rings. The molecule has 0 unspecified atom stereocenters. The topological polar surface area (TPSA) is 94.5 Å². The number of carbonyl (C=O) groups excluding carboxylic acids is 2. The Morgan fingerprint density at radius 2 is 1.90 bits per heavy atom. The number of hydrogen-bond acceptors (Lipinski definition) is 5. The molecule has 2 heterocycles. The van der Waals surface area contributed by atoms with Crippen molar-refractivity contribution in [2.24, 2.45) is 0 Å². The molecule has 0 saturated heterocycles. The second kappa shape index (κ2) is 8.14. The molecule has 0 spiro atoms. The molecule has 0 bridgehead atoms. The third-order valence-electron chi connectivity index (χ3n) is 5.36. The Kier molecular flexibility index (Phi) is 5.37. The maximum Gasteiger partial charge on any atom is 0.249 e. The number of anilines is 2. The third kappa shape index (κ3) is 3.84. The van der Waals surface area contributed by atoms with Crippen LogP contribution in [0.1, 0.15) is 23.6 Å². The molecule has 1 atom stereocenters. The molecule has 0 saturated carbocycles. The SMILES string of the molecule is COc1ccc(-c2cnn3c2NC(=O)C[C@@H]3C(=O)Nc2ccc(C)cc2C)cc1OC. The fourth-order valence-electron chi connectivity index (χ4n) is 3.76. The number of rotatable bonds is 5. The zero-order valence-corrected chi connectivity index (χ0v) is 17.9. The van der Waals surface area contributed by atoms with Gasteiger partial charge in [0.05, 0.1) is 26.8 Å². The summed E-state index contributed by atoms with van der Waals surface area (Å²) in [6.45, 7) is 3.93. The highest BCUT2D eigenvalue weighted by atomic mass is 16.5. The Labute approximate surface area is 180 Å². The number of nitrogens with zero attached hydrogens (tertiary/aromatic N) is 2. The van der Waals surface area contributed by atoms with Crippen molar-refractivity contribution >= 4 is 23.3 Å². The quantitative estimate of drug-likeness (QED) is 0.656. The summed E-state index contributed by atoms with van der Waals surface area (Å²) in [6.07, 6.45) is 1.65. The minimum absolute atomic E-state index is 0.0107. The molecule has 0 radical (unpaired) electrons. The number of aryl methyl sites for hydroxylation is 2. The van der Waals surface area contributed by atoms with E-state index in [9.17, 15) is 9.59 Å². The van der Waals surface area contributed by atoms with Gasteiger partial charge in [0.2, 0.25) is 11.8 Å². The Balaban J connectivity index is 1.67. The Bertz CT molecular complexity index is 1170. The number of fused-ring (bicyclic) bond motifs is 1. The molecule has 0 fully saturated rings. The third-order valence-corrected chi connectivity index (χ3v) is 5.36. The maximum absolute atomic E-state index is 13.1. The van der Waals surface area contributed by atoms with Crippen molar-refractivity contribution in [2.75, 3.05) is 24.9 Å². The van der Waals surface area contributed by atoms with Crippen molar-refractivity contribution in [2.45, 2.75) is 26.3 Å². The van der Waals surface area contributed by atoms with Gasteiger partial charge in [-0.3, -0.25) is 9.59 Å². The van der Waals surface area contributed by atoms with Gasteiger partial charge in [0.1, 0.15) is 11.9 Å². The van der Waals surface area contributed by atoms with Crippen LogP contribution >= 0.6 is 0 Å². The van der Waals surface area contributed by atoms with Gasteiger partial charge < -0.3 is 20.1 Å². The van der Waals surface area contributed by atoms with E-state index in [1.807, 2.05) is 44.2 Å². The van der Waals surface area contributed by atoms with E-state index in [0.29, 0.717) is 22.9 Å². The second-order valence-corrected chi connectivity index (χ2v) is 7.50. The van der Waals surface area contributed by atoms with Crippen molar-refractivity contribution in [1.82, 2.24) is 9.78 Å². The van der Waals surface area contributed by atoms with E-state index in [0.717, 1.165) is 22.4 Å². The van der Waals surface area contributed by atoms with Gasteiger partial charge >= 0.3 is 0 Å². The number of ether oxygens (including phenoxy) is 2. The summed E-state index contributed by atoms with van der Waals surface area (Å²) in [5.74, 6) is 1.11. The van der Waals surface area contributed by atoms with Crippen LogP contribution in [0.5, 0.6) is 11.5 Å². The van der Waals surface area contributed by atoms with E-state index in [1.54, 1.807) is 31.2 Å². The van der Waals surface area contributed by atoms with E-state index in [-0.39, 0.29) is 18.2 Å². The van der Waals surface area contributed by atoms with Crippen molar-refractivity contribution in [3.8, 4) is 22.6 Å². The maximum atomic E-state index is 13.1. The zero-order chi connectivity index (χ0) is 22.1. The molecule has 2 aromatic carbocycles. The predicted molar refractivity (Wildman–Crippen MR) is 118 cm³/mol. The van der Waals surface area contributed by atoms with E-state index < -0.39 is 6.04 Å². The number of methoxy groups -OCH3 is 2. The molecule has 8 nitrogen and oxygen atoms in total. The van der Waals surface area contributed by atoms with Crippen LogP contribution in [-0.2, 0) is 9.59 Å². The van der Waals surface area contributed by atoms with Crippen LogP contribution in [0.25, 0.3) is 11.1 Å². The number of amides is 2. The van der Waals surface area contributed by atoms with Crippen molar-refractivity contribution in [1.29, 1.82) is 0 Å². The molecule has 2 N–H and O–H groups in total. The van der Waals surface area contributed by atoms with Crippen LogP contribution in [0.15, 0.2) is 42.6 Å². The number of nitrogens with one attached hydrogen (secondary N) is 2. The lowest BCUT2D eigenvalue weighted by molar-refractivity contribution is -0.125. The summed E-state index contributed by atoms with van der Waals surface area (Å²) in [7, 11) is 3.13. The Morgan fingerprint density at radius 3 is 2.61 bits per heavy atom. The molecular weight excluding hydrogens is 396 g/mol. The minimum Gasteiger partial charge on any atom is -0.493 e. The predicted octanol–water partition coefficient (Wildman–Crippen LogP) is 3.71. The molecule has 4 rings (SSSR count). The smallest absolute Gasteiger partial charge is 0.249 e. The molecule has 0 aliphatic carbocycles. The highest BCUT2D eigenvalue weighted by molar-refractivity contribution is 6.03. The first-order valence-electron chi connectivity index (χ1n) is 9.89. The average Bonchev–Trinajstić information content (AvgIpc) is 3.18. The number of benzene rings is 2. The van der Waals surface area contributed by atoms with E-state index in [1.165, 1.54) is 0 Å². The van der Waals surface area contributed by atoms with Crippen LogP contribution in [0, 0.1) is 13.8 Å². The van der Waals surface area contributed by atoms with Crippen LogP contribution in [0.3, 0.4) is 0 Å². The summed E-state index contributed by atoms with van der Waals surface area (Å²) >= 11 is 0. The first-order chi connectivity index (χ1) is 14.9. The largest absolute Gasteiger partial charge is 0.493 e. The molecule has 1 aliphatic rings. The van der Waals surface area contributed by atoms with Crippen LogP contribution in [-0.4, -0.2) is 35.8 Å². The first kappa shape index (κ1) is 20.5. The van der Waals surface area contributed by atoms with Gasteiger partial charge in [0.15, 0.2) is 11.5 Å².